The van der Waals surface area contributed by atoms with E-state index in [0.717, 1.165) is 11.1 Å². The number of carbonyl (C=O) groups is 2. The van der Waals surface area contributed by atoms with Gasteiger partial charge in [-0.2, -0.15) is 0 Å². The molecule has 0 unspecified atom stereocenters. The van der Waals surface area contributed by atoms with Gasteiger partial charge in [0.05, 0.1) is 6.42 Å². The Morgan fingerprint density at radius 3 is 2.64 bits per heavy atom. The molecule has 0 atom stereocenters. The van der Waals surface area contributed by atoms with Crippen LogP contribution in [0.3, 0.4) is 0 Å². The Bertz CT molecular complexity index is 685. The van der Waals surface area contributed by atoms with E-state index >= 15 is 0 Å². The quantitative estimate of drug-likeness (QED) is 0.864. The van der Waals surface area contributed by atoms with Gasteiger partial charge < -0.3 is 10.1 Å². The average Bonchev–Trinajstić information content (AvgIpc) is 2.48. The Kier molecular flexibility index (Phi) is 5.25. The van der Waals surface area contributed by atoms with Crippen LogP contribution in [0.1, 0.15) is 11.1 Å². The molecule has 0 bridgehead atoms. The first-order valence-electron chi connectivity index (χ1n) is 6.80. The maximum absolute atomic E-state index is 13.0. The summed E-state index contributed by atoms with van der Waals surface area (Å²) in [5, 5.41) is 2.46. The molecule has 2 aromatic carbocycles. The van der Waals surface area contributed by atoms with Crippen molar-refractivity contribution in [2.24, 2.45) is 0 Å². The monoisotopic (exact) mass is 301 g/mol. The third-order valence-corrected chi connectivity index (χ3v) is 3.07. The van der Waals surface area contributed by atoms with Gasteiger partial charge in [0, 0.05) is 5.69 Å². The zero-order valence-electron chi connectivity index (χ0n) is 12.1. The van der Waals surface area contributed by atoms with Gasteiger partial charge in [0.2, 0.25) is 0 Å². The lowest BCUT2D eigenvalue weighted by molar-refractivity contribution is -0.146. The SMILES string of the molecule is Cc1ccccc1CC(=O)OCC(=O)Nc1cccc(F)c1. The van der Waals surface area contributed by atoms with Crippen molar-refractivity contribution in [3.05, 3.63) is 65.5 Å². The second-order valence-electron chi connectivity index (χ2n) is 4.82. The number of rotatable bonds is 5. The van der Waals surface area contributed by atoms with Crippen molar-refractivity contribution in [1.29, 1.82) is 0 Å². The zero-order valence-corrected chi connectivity index (χ0v) is 12.1. The van der Waals surface area contributed by atoms with Crippen LogP contribution in [0.2, 0.25) is 0 Å². The van der Waals surface area contributed by atoms with E-state index in [2.05, 4.69) is 5.32 Å². The van der Waals surface area contributed by atoms with Crippen LogP contribution < -0.4 is 5.32 Å². The van der Waals surface area contributed by atoms with Crippen molar-refractivity contribution < 1.29 is 18.7 Å². The van der Waals surface area contributed by atoms with E-state index in [-0.39, 0.29) is 6.42 Å². The predicted molar refractivity (Wildman–Crippen MR) is 80.9 cm³/mol. The summed E-state index contributed by atoms with van der Waals surface area (Å²) in [4.78, 5) is 23.4. The topological polar surface area (TPSA) is 55.4 Å². The Labute approximate surface area is 127 Å². The van der Waals surface area contributed by atoms with Crippen LogP contribution in [-0.2, 0) is 20.7 Å². The van der Waals surface area contributed by atoms with Crippen LogP contribution in [0.5, 0.6) is 0 Å². The lowest BCUT2D eigenvalue weighted by Crippen LogP contribution is -2.21. The second-order valence-corrected chi connectivity index (χ2v) is 4.82. The first kappa shape index (κ1) is 15.7. The molecule has 0 heterocycles. The summed E-state index contributed by atoms with van der Waals surface area (Å²) in [7, 11) is 0. The van der Waals surface area contributed by atoms with E-state index in [1.807, 2.05) is 31.2 Å². The van der Waals surface area contributed by atoms with Gasteiger partial charge >= 0.3 is 5.97 Å². The zero-order chi connectivity index (χ0) is 15.9. The Balaban J connectivity index is 1.81. The van der Waals surface area contributed by atoms with Gasteiger partial charge in [0.25, 0.3) is 5.91 Å². The molecule has 4 nitrogen and oxygen atoms in total. The molecule has 2 aromatic rings. The molecule has 5 heteroatoms. The molecule has 0 aromatic heterocycles. The lowest BCUT2D eigenvalue weighted by atomic mass is 10.1. The average molecular weight is 301 g/mol. The number of nitrogens with one attached hydrogen (secondary N) is 1. The number of halogens is 1. The minimum absolute atomic E-state index is 0.111. The van der Waals surface area contributed by atoms with Crippen molar-refractivity contribution in [2.75, 3.05) is 11.9 Å². The molecule has 0 spiro atoms. The van der Waals surface area contributed by atoms with E-state index in [1.54, 1.807) is 6.07 Å². The van der Waals surface area contributed by atoms with Crippen molar-refractivity contribution in [3.8, 4) is 0 Å². The van der Waals surface area contributed by atoms with Crippen LogP contribution in [0, 0.1) is 12.7 Å². The number of esters is 1. The van der Waals surface area contributed by atoms with E-state index in [9.17, 15) is 14.0 Å². The summed E-state index contributed by atoms with van der Waals surface area (Å²) in [5.41, 5.74) is 2.17. The molecule has 2 rings (SSSR count). The minimum atomic E-state index is -0.510. The van der Waals surface area contributed by atoms with Crippen LogP contribution in [0.25, 0.3) is 0 Å². The largest absolute Gasteiger partial charge is 0.455 e. The van der Waals surface area contributed by atoms with Gasteiger partial charge in [0.15, 0.2) is 6.61 Å². The fraction of sp³-hybridized carbons (Fsp3) is 0.176. The number of benzene rings is 2. The highest BCUT2D eigenvalue weighted by Crippen LogP contribution is 2.10. The number of hydrogen-bond donors (Lipinski definition) is 1. The fourth-order valence-electron chi connectivity index (χ4n) is 1.92. The molecule has 0 aliphatic heterocycles. The molecular weight excluding hydrogens is 285 g/mol. The van der Waals surface area contributed by atoms with E-state index in [4.69, 9.17) is 4.74 Å². The van der Waals surface area contributed by atoms with Crippen LogP contribution in [0.4, 0.5) is 10.1 Å². The summed E-state index contributed by atoms with van der Waals surface area (Å²) in [6.45, 7) is 1.50. The standard InChI is InChI=1S/C17H16FNO3/c1-12-5-2-3-6-13(12)9-17(21)22-11-16(20)19-15-8-4-7-14(18)10-15/h2-8,10H,9,11H2,1H3,(H,19,20). The molecule has 114 valence electrons. The summed E-state index contributed by atoms with van der Waals surface area (Å²) >= 11 is 0. The molecule has 1 amide bonds. The molecule has 0 aliphatic rings. The fourth-order valence-corrected chi connectivity index (χ4v) is 1.92. The molecule has 0 radical (unpaired) electrons. The van der Waals surface area contributed by atoms with Gasteiger partial charge in [-0.25, -0.2) is 4.39 Å². The van der Waals surface area contributed by atoms with E-state index in [1.165, 1.54) is 18.2 Å². The smallest absolute Gasteiger partial charge is 0.310 e. The van der Waals surface area contributed by atoms with E-state index in [0.29, 0.717) is 5.69 Å². The summed E-state index contributed by atoms with van der Waals surface area (Å²) in [6.07, 6.45) is 0.111. The lowest BCUT2D eigenvalue weighted by Gasteiger charge is -2.08. The summed E-state index contributed by atoms with van der Waals surface area (Å²) in [6, 6.07) is 13.0. The van der Waals surface area contributed by atoms with Gasteiger partial charge in [-0.1, -0.05) is 30.3 Å². The third kappa shape index (κ3) is 4.70. The molecular formula is C17H16FNO3. The predicted octanol–water partition coefficient (Wildman–Crippen LogP) is 2.86. The van der Waals surface area contributed by atoms with Crippen molar-refractivity contribution in [1.82, 2.24) is 0 Å². The molecule has 0 saturated heterocycles. The molecule has 0 aliphatic carbocycles. The minimum Gasteiger partial charge on any atom is -0.455 e. The number of amides is 1. The highest BCUT2D eigenvalue weighted by atomic mass is 19.1. The highest BCUT2D eigenvalue weighted by molar-refractivity contribution is 5.92. The first-order chi connectivity index (χ1) is 10.5. The van der Waals surface area contributed by atoms with Gasteiger partial charge in [-0.15, -0.1) is 0 Å². The second kappa shape index (κ2) is 7.36. The molecule has 22 heavy (non-hydrogen) atoms. The number of anilines is 1. The number of carbonyl (C=O) groups excluding carboxylic acids is 2. The Morgan fingerprint density at radius 2 is 1.91 bits per heavy atom. The maximum atomic E-state index is 13.0. The molecule has 0 saturated carbocycles. The molecule has 0 fully saturated rings. The number of aryl methyl sites for hydroxylation is 1. The van der Waals surface area contributed by atoms with Crippen LogP contribution in [-0.4, -0.2) is 18.5 Å². The Morgan fingerprint density at radius 1 is 1.14 bits per heavy atom. The maximum Gasteiger partial charge on any atom is 0.310 e. The molecule has 1 N–H and O–H groups in total. The van der Waals surface area contributed by atoms with Crippen molar-refractivity contribution in [3.63, 3.8) is 0 Å². The van der Waals surface area contributed by atoms with Gasteiger partial charge in [0.1, 0.15) is 5.82 Å². The number of hydrogen-bond acceptors (Lipinski definition) is 3. The normalized spacial score (nSPS) is 10.1. The highest BCUT2D eigenvalue weighted by Gasteiger charge is 2.10. The van der Waals surface area contributed by atoms with Crippen molar-refractivity contribution in [2.45, 2.75) is 13.3 Å². The number of ether oxygens (including phenoxy) is 1. The first-order valence-corrected chi connectivity index (χ1v) is 6.80. The van der Waals surface area contributed by atoms with Crippen LogP contribution >= 0.6 is 0 Å². The summed E-state index contributed by atoms with van der Waals surface area (Å²) in [5.74, 6) is -1.44. The third-order valence-electron chi connectivity index (χ3n) is 3.07. The summed E-state index contributed by atoms with van der Waals surface area (Å²) < 4.78 is 17.9. The Hall–Kier alpha value is -2.69. The van der Waals surface area contributed by atoms with Crippen molar-refractivity contribution >= 4 is 17.6 Å². The van der Waals surface area contributed by atoms with Crippen LogP contribution in [0.15, 0.2) is 48.5 Å². The van der Waals surface area contributed by atoms with Gasteiger partial charge in [-0.05, 0) is 36.2 Å². The van der Waals surface area contributed by atoms with E-state index < -0.39 is 24.3 Å². The van der Waals surface area contributed by atoms with Gasteiger partial charge in [-0.3, -0.25) is 9.59 Å².